The van der Waals surface area contributed by atoms with Crippen LogP contribution in [0.4, 0.5) is 0 Å². The number of aryl methyl sites for hydroxylation is 1. The van der Waals surface area contributed by atoms with Gasteiger partial charge in [0.1, 0.15) is 0 Å². The normalized spacial score (nSPS) is 22.0. The first-order valence-corrected chi connectivity index (χ1v) is 7.97. The minimum Gasteiger partial charge on any atom is -0.309 e. The molecule has 18 heavy (non-hydrogen) atoms. The van der Waals surface area contributed by atoms with Crippen LogP contribution in [0.15, 0.2) is 12.1 Å². The van der Waals surface area contributed by atoms with Crippen LogP contribution in [0.25, 0.3) is 0 Å². The Morgan fingerprint density at radius 1 is 1.39 bits per heavy atom. The van der Waals surface area contributed by atoms with E-state index < -0.39 is 0 Å². The Morgan fingerprint density at radius 3 is 2.67 bits per heavy atom. The van der Waals surface area contributed by atoms with E-state index in [2.05, 4.69) is 50.0 Å². The van der Waals surface area contributed by atoms with Crippen LogP contribution in [-0.4, -0.2) is 30.1 Å². The smallest absolute Gasteiger partial charge is 0.0414 e. The predicted octanol–water partition coefficient (Wildman–Crippen LogP) is 3.58. The lowest BCUT2D eigenvalue weighted by atomic mass is 9.89. The molecule has 2 nitrogen and oxygen atoms in total. The summed E-state index contributed by atoms with van der Waals surface area (Å²) in [5.74, 6) is 0. The number of nitrogens with one attached hydrogen (secondary N) is 1. The molecule has 0 aromatic carbocycles. The Bertz CT molecular complexity index is 382. The summed E-state index contributed by atoms with van der Waals surface area (Å²) in [4.78, 5) is 5.58. The molecule has 102 valence electrons. The molecule has 1 saturated heterocycles. The van der Waals surface area contributed by atoms with E-state index in [1.807, 2.05) is 11.3 Å². The minimum absolute atomic E-state index is 0.332. The van der Waals surface area contributed by atoms with Crippen molar-refractivity contribution in [1.29, 1.82) is 0 Å². The van der Waals surface area contributed by atoms with E-state index in [4.69, 9.17) is 0 Å². The third-order valence-electron chi connectivity index (χ3n) is 4.48. The Hall–Kier alpha value is -0.380. The largest absolute Gasteiger partial charge is 0.309 e. The van der Waals surface area contributed by atoms with Crippen LogP contribution in [0, 0.1) is 6.92 Å². The van der Waals surface area contributed by atoms with Crippen LogP contribution in [0.3, 0.4) is 0 Å². The first kappa shape index (κ1) is 14.0. The molecule has 1 aliphatic heterocycles. The van der Waals surface area contributed by atoms with Gasteiger partial charge in [0.2, 0.25) is 0 Å². The van der Waals surface area contributed by atoms with Gasteiger partial charge in [-0.15, -0.1) is 11.3 Å². The van der Waals surface area contributed by atoms with Gasteiger partial charge in [-0.3, -0.25) is 4.90 Å². The average molecular weight is 266 g/mol. The van der Waals surface area contributed by atoms with Crippen molar-refractivity contribution in [1.82, 2.24) is 10.2 Å². The zero-order valence-electron chi connectivity index (χ0n) is 12.1. The standard InChI is InChI=1S/C15H26N2S/c1-5-15(6-2)11-17(10-9-16-15)13(4)14-8-7-12(3)18-14/h7-8,13,16H,5-6,9-11H2,1-4H3. The summed E-state index contributed by atoms with van der Waals surface area (Å²) in [5.41, 5.74) is 0.332. The maximum atomic E-state index is 3.74. The molecule has 0 spiro atoms. The second-order valence-electron chi connectivity index (χ2n) is 5.51. The van der Waals surface area contributed by atoms with Gasteiger partial charge >= 0.3 is 0 Å². The van der Waals surface area contributed by atoms with E-state index in [1.54, 1.807) is 0 Å². The number of hydrogen-bond donors (Lipinski definition) is 1. The molecule has 3 heteroatoms. The highest BCUT2D eigenvalue weighted by Crippen LogP contribution is 2.30. The first-order valence-electron chi connectivity index (χ1n) is 7.15. The van der Waals surface area contributed by atoms with Gasteiger partial charge < -0.3 is 5.32 Å². The lowest BCUT2D eigenvalue weighted by Crippen LogP contribution is -2.60. The second-order valence-corrected chi connectivity index (χ2v) is 6.83. The number of nitrogens with zero attached hydrogens (tertiary/aromatic N) is 1. The van der Waals surface area contributed by atoms with E-state index in [1.165, 1.54) is 35.7 Å². The van der Waals surface area contributed by atoms with E-state index in [0.717, 1.165) is 6.54 Å². The van der Waals surface area contributed by atoms with Gasteiger partial charge in [-0.1, -0.05) is 13.8 Å². The molecule has 0 aliphatic carbocycles. The summed E-state index contributed by atoms with van der Waals surface area (Å²) in [6.45, 7) is 12.6. The van der Waals surface area contributed by atoms with Gasteiger partial charge in [-0.25, -0.2) is 0 Å². The van der Waals surface area contributed by atoms with E-state index in [9.17, 15) is 0 Å². The second kappa shape index (κ2) is 5.72. The molecule has 1 aliphatic rings. The van der Waals surface area contributed by atoms with Crippen molar-refractivity contribution in [2.45, 2.75) is 52.1 Å². The number of piperazine rings is 1. The zero-order chi connectivity index (χ0) is 13.2. The molecular weight excluding hydrogens is 240 g/mol. The molecule has 1 N–H and O–H groups in total. The van der Waals surface area contributed by atoms with Crippen molar-refractivity contribution in [3.63, 3.8) is 0 Å². The molecule has 1 atom stereocenters. The molecule has 1 unspecified atom stereocenters. The van der Waals surface area contributed by atoms with Crippen molar-refractivity contribution in [3.8, 4) is 0 Å². The van der Waals surface area contributed by atoms with Crippen LogP contribution >= 0.6 is 11.3 Å². The Labute approximate surface area is 115 Å². The van der Waals surface area contributed by atoms with Gasteiger partial charge in [-0.2, -0.15) is 0 Å². The summed E-state index contributed by atoms with van der Waals surface area (Å²) < 4.78 is 0. The number of rotatable bonds is 4. The lowest BCUT2D eigenvalue weighted by molar-refractivity contribution is 0.0932. The van der Waals surface area contributed by atoms with Crippen LogP contribution < -0.4 is 5.32 Å². The SMILES string of the molecule is CCC1(CC)CN(C(C)c2ccc(C)s2)CCN1. The third kappa shape index (κ3) is 2.79. The molecule has 0 saturated carbocycles. The van der Waals surface area contributed by atoms with Crippen LogP contribution in [-0.2, 0) is 0 Å². The monoisotopic (exact) mass is 266 g/mol. The van der Waals surface area contributed by atoms with Crippen LogP contribution in [0.5, 0.6) is 0 Å². The summed E-state index contributed by atoms with van der Waals surface area (Å²) in [6, 6.07) is 5.10. The molecule has 2 rings (SSSR count). The maximum Gasteiger partial charge on any atom is 0.0414 e. The highest BCUT2D eigenvalue weighted by Gasteiger charge is 2.33. The number of hydrogen-bond acceptors (Lipinski definition) is 3. The van der Waals surface area contributed by atoms with E-state index in [-0.39, 0.29) is 0 Å². The topological polar surface area (TPSA) is 15.3 Å². The van der Waals surface area contributed by atoms with Gasteiger partial charge in [0.25, 0.3) is 0 Å². The van der Waals surface area contributed by atoms with Gasteiger partial charge in [-0.05, 0) is 38.8 Å². The predicted molar refractivity (Wildman–Crippen MR) is 80.4 cm³/mol. The Kier molecular flexibility index (Phi) is 4.46. The first-order chi connectivity index (χ1) is 8.60. The van der Waals surface area contributed by atoms with Gasteiger partial charge in [0.15, 0.2) is 0 Å². The highest BCUT2D eigenvalue weighted by atomic mass is 32.1. The molecule has 2 heterocycles. The summed E-state index contributed by atoms with van der Waals surface area (Å²) in [7, 11) is 0. The quantitative estimate of drug-likeness (QED) is 0.896. The molecule has 0 amide bonds. The van der Waals surface area contributed by atoms with Crippen LogP contribution in [0.2, 0.25) is 0 Å². The average Bonchev–Trinajstić information content (AvgIpc) is 2.84. The lowest BCUT2D eigenvalue weighted by Gasteiger charge is -2.45. The van der Waals surface area contributed by atoms with E-state index in [0.29, 0.717) is 11.6 Å². The molecule has 1 aromatic heterocycles. The molecule has 1 aromatic rings. The van der Waals surface area contributed by atoms with Gasteiger partial charge in [0.05, 0.1) is 0 Å². The third-order valence-corrected chi connectivity index (χ3v) is 5.65. The summed E-state index contributed by atoms with van der Waals surface area (Å²) >= 11 is 1.94. The fourth-order valence-corrected chi connectivity index (χ4v) is 3.86. The fourth-order valence-electron chi connectivity index (χ4n) is 2.90. The Balaban J connectivity index is 2.09. The fraction of sp³-hybridized carbons (Fsp3) is 0.733. The van der Waals surface area contributed by atoms with Crippen molar-refractivity contribution < 1.29 is 0 Å². The summed E-state index contributed by atoms with van der Waals surface area (Å²) in [5, 5.41) is 3.74. The Morgan fingerprint density at radius 2 is 2.11 bits per heavy atom. The maximum absolute atomic E-state index is 3.74. The van der Waals surface area contributed by atoms with Crippen LogP contribution in [0.1, 0.15) is 49.4 Å². The van der Waals surface area contributed by atoms with Crippen molar-refractivity contribution in [3.05, 3.63) is 21.9 Å². The molecule has 1 fully saturated rings. The molecule has 0 radical (unpaired) electrons. The highest BCUT2D eigenvalue weighted by molar-refractivity contribution is 7.12. The molecular formula is C15H26N2S. The minimum atomic E-state index is 0.332. The zero-order valence-corrected chi connectivity index (χ0v) is 12.9. The van der Waals surface area contributed by atoms with Crippen molar-refractivity contribution >= 4 is 11.3 Å². The number of thiophene rings is 1. The van der Waals surface area contributed by atoms with Gasteiger partial charge in [0, 0.05) is 41.0 Å². The van der Waals surface area contributed by atoms with Crippen molar-refractivity contribution in [2.24, 2.45) is 0 Å². The van der Waals surface area contributed by atoms with E-state index >= 15 is 0 Å². The van der Waals surface area contributed by atoms with Crippen molar-refractivity contribution in [2.75, 3.05) is 19.6 Å². The summed E-state index contributed by atoms with van der Waals surface area (Å²) in [6.07, 6.45) is 2.44. The molecule has 0 bridgehead atoms.